The number of thiazole rings is 1. The Kier molecular flexibility index (Phi) is 3.70. The number of hydrogen-bond acceptors (Lipinski definition) is 3. The van der Waals surface area contributed by atoms with Crippen LogP contribution >= 0.6 is 11.3 Å². The lowest BCUT2D eigenvalue weighted by Gasteiger charge is -2.18. The summed E-state index contributed by atoms with van der Waals surface area (Å²) in [7, 11) is 0. The molecule has 1 N–H and O–H groups in total. The molecule has 0 spiro atoms. The summed E-state index contributed by atoms with van der Waals surface area (Å²) in [6.45, 7) is 2.07. The fraction of sp³-hybridized carbons (Fsp3) is 0.308. The van der Waals surface area contributed by atoms with Gasteiger partial charge < -0.3 is 5.11 Å². The molecule has 84 valence electrons. The van der Waals surface area contributed by atoms with Crippen LogP contribution in [0.2, 0.25) is 0 Å². The molecule has 2 aromatic rings. The number of nitrogens with zero attached hydrogens (tertiary/aromatic N) is 1. The fourth-order valence-electron chi connectivity index (χ4n) is 1.75. The minimum atomic E-state index is -0.400. The summed E-state index contributed by atoms with van der Waals surface area (Å²) in [6.07, 6.45) is 2.35. The van der Waals surface area contributed by atoms with Crippen molar-refractivity contribution in [1.82, 2.24) is 4.98 Å². The number of aliphatic hydroxyl groups is 1. The zero-order chi connectivity index (χ0) is 11.4. The van der Waals surface area contributed by atoms with Crippen molar-refractivity contribution < 1.29 is 5.11 Å². The topological polar surface area (TPSA) is 33.1 Å². The van der Waals surface area contributed by atoms with Gasteiger partial charge in [0.1, 0.15) is 0 Å². The highest BCUT2D eigenvalue weighted by atomic mass is 32.1. The highest BCUT2D eigenvalue weighted by molar-refractivity contribution is 7.09. The van der Waals surface area contributed by atoms with Gasteiger partial charge in [0.15, 0.2) is 0 Å². The van der Waals surface area contributed by atoms with E-state index >= 15 is 0 Å². The Morgan fingerprint density at radius 3 is 2.69 bits per heavy atom. The van der Waals surface area contributed by atoms with Gasteiger partial charge in [0, 0.05) is 11.1 Å². The van der Waals surface area contributed by atoms with Crippen molar-refractivity contribution in [3.63, 3.8) is 0 Å². The number of benzene rings is 1. The predicted molar refractivity (Wildman–Crippen MR) is 66.4 cm³/mol. The van der Waals surface area contributed by atoms with Crippen LogP contribution in [0.5, 0.6) is 0 Å². The van der Waals surface area contributed by atoms with Crippen LogP contribution in [-0.4, -0.2) is 10.1 Å². The highest BCUT2D eigenvalue weighted by Crippen LogP contribution is 2.25. The van der Waals surface area contributed by atoms with Gasteiger partial charge in [-0.15, -0.1) is 11.3 Å². The number of hydrogen-bond donors (Lipinski definition) is 1. The van der Waals surface area contributed by atoms with E-state index in [1.165, 1.54) is 4.88 Å². The highest BCUT2D eigenvalue weighted by Gasteiger charge is 2.16. The molecule has 0 bridgehead atoms. The molecule has 0 amide bonds. The van der Waals surface area contributed by atoms with Gasteiger partial charge in [-0.1, -0.05) is 37.3 Å². The fourth-order valence-corrected chi connectivity index (χ4v) is 2.49. The van der Waals surface area contributed by atoms with Gasteiger partial charge in [-0.2, -0.15) is 0 Å². The van der Waals surface area contributed by atoms with E-state index in [1.807, 2.05) is 42.0 Å². The molecule has 3 heteroatoms. The van der Waals surface area contributed by atoms with Crippen LogP contribution in [0, 0.1) is 5.92 Å². The molecule has 0 aliphatic carbocycles. The van der Waals surface area contributed by atoms with E-state index in [1.54, 1.807) is 11.3 Å². The molecule has 0 saturated heterocycles. The number of aliphatic hydroxyl groups excluding tert-OH is 1. The zero-order valence-electron chi connectivity index (χ0n) is 9.21. The van der Waals surface area contributed by atoms with E-state index < -0.39 is 6.10 Å². The summed E-state index contributed by atoms with van der Waals surface area (Å²) in [5.74, 6) is 0.211. The van der Waals surface area contributed by atoms with Crippen molar-refractivity contribution in [2.75, 3.05) is 0 Å². The first-order valence-corrected chi connectivity index (χ1v) is 6.25. The molecule has 16 heavy (non-hydrogen) atoms. The first-order chi connectivity index (χ1) is 7.77. The first kappa shape index (κ1) is 11.3. The van der Waals surface area contributed by atoms with Gasteiger partial charge in [-0.25, -0.2) is 0 Å². The lowest BCUT2D eigenvalue weighted by Crippen LogP contribution is -2.11. The van der Waals surface area contributed by atoms with E-state index in [9.17, 15) is 5.11 Å². The SMILES string of the molecule is CC(Cc1cncs1)C(O)c1ccccc1. The largest absolute Gasteiger partial charge is 0.388 e. The van der Waals surface area contributed by atoms with Crippen LogP contribution < -0.4 is 0 Å². The standard InChI is InChI=1S/C13H15NOS/c1-10(7-12-8-14-9-16-12)13(15)11-5-3-2-4-6-11/h2-6,8-10,13,15H,7H2,1H3. The lowest BCUT2D eigenvalue weighted by atomic mass is 9.94. The molecule has 2 rings (SSSR count). The average molecular weight is 233 g/mol. The van der Waals surface area contributed by atoms with E-state index in [-0.39, 0.29) is 5.92 Å². The molecule has 1 heterocycles. The van der Waals surface area contributed by atoms with E-state index in [0.717, 1.165) is 12.0 Å². The average Bonchev–Trinajstić information content (AvgIpc) is 2.82. The molecule has 0 aliphatic rings. The van der Waals surface area contributed by atoms with Crippen LogP contribution in [0.25, 0.3) is 0 Å². The Hall–Kier alpha value is -1.19. The maximum Gasteiger partial charge on any atom is 0.0819 e. The molecule has 2 nitrogen and oxygen atoms in total. The minimum absolute atomic E-state index is 0.211. The Morgan fingerprint density at radius 1 is 1.31 bits per heavy atom. The van der Waals surface area contributed by atoms with Crippen molar-refractivity contribution in [1.29, 1.82) is 0 Å². The summed E-state index contributed by atoms with van der Waals surface area (Å²) in [4.78, 5) is 5.27. The molecule has 0 fully saturated rings. The third kappa shape index (κ3) is 2.68. The summed E-state index contributed by atoms with van der Waals surface area (Å²) in [5, 5.41) is 10.2. The summed E-state index contributed by atoms with van der Waals surface area (Å²) < 4.78 is 0. The van der Waals surface area contributed by atoms with Crippen LogP contribution in [0.3, 0.4) is 0 Å². The maximum absolute atomic E-state index is 10.2. The summed E-state index contributed by atoms with van der Waals surface area (Å²) >= 11 is 1.64. The van der Waals surface area contributed by atoms with Crippen LogP contribution in [-0.2, 0) is 6.42 Å². The van der Waals surface area contributed by atoms with Crippen LogP contribution in [0.4, 0.5) is 0 Å². The van der Waals surface area contributed by atoms with Gasteiger partial charge in [-0.05, 0) is 17.9 Å². The molecule has 0 saturated carbocycles. The molecular formula is C13H15NOS. The Bertz CT molecular complexity index is 413. The van der Waals surface area contributed by atoms with Crippen molar-refractivity contribution in [2.24, 2.45) is 5.92 Å². The number of rotatable bonds is 4. The predicted octanol–water partition coefficient (Wildman–Crippen LogP) is 3.06. The molecule has 1 aromatic carbocycles. The van der Waals surface area contributed by atoms with Crippen molar-refractivity contribution in [3.05, 3.63) is 52.5 Å². The molecule has 0 radical (unpaired) electrons. The minimum Gasteiger partial charge on any atom is -0.388 e. The van der Waals surface area contributed by atoms with E-state index in [0.29, 0.717) is 0 Å². The smallest absolute Gasteiger partial charge is 0.0819 e. The summed E-state index contributed by atoms with van der Waals surface area (Å²) in [6, 6.07) is 9.81. The summed E-state index contributed by atoms with van der Waals surface area (Å²) in [5.41, 5.74) is 2.82. The van der Waals surface area contributed by atoms with Crippen molar-refractivity contribution in [2.45, 2.75) is 19.4 Å². The normalized spacial score (nSPS) is 14.6. The molecule has 1 aromatic heterocycles. The monoisotopic (exact) mass is 233 g/mol. The Balaban J connectivity index is 2.02. The molecule has 2 atom stereocenters. The van der Waals surface area contributed by atoms with Crippen molar-refractivity contribution >= 4 is 11.3 Å². The number of aromatic nitrogens is 1. The second-order valence-electron chi connectivity index (χ2n) is 4.00. The quantitative estimate of drug-likeness (QED) is 0.880. The van der Waals surface area contributed by atoms with Crippen LogP contribution in [0.1, 0.15) is 23.5 Å². The van der Waals surface area contributed by atoms with Gasteiger partial charge in [-0.3, -0.25) is 4.98 Å². The second kappa shape index (κ2) is 5.23. The van der Waals surface area contributed by atoms with E-state index in [2.05, 4.69) is 11.9 Å². The van der Waals surface area contributed by atoms with Gasteiger partial charge in [0.25, 0.3) is 0 Å². The third-order valence-electron chi connectivity index (χ3n) is 2.69. The Morgan fingerprint density at radius 2 is 2.06 bits per heavy atom. The molecular weight excluding hydrogens is 218 g/mol. The Labute approximate surface area is 99.6 Å². The maximum atomic E-state index is 10.2. The second-order valence-corrected chi connectivity index (χ2v) is 4.98. The van der Waals surface area contributed by atoms with Crippen LogP contribution in [0.15, 0.2) is 42.0 Å². The lowest BCUT2D eigenvalue weighted by molar-refractivity contribution is 0.118. The first-order valence-electron chi connectivity index (χ1n) is 5.37. The van der Waals surface area contributed by atoms with Gasteiger partial charge >= 0.3 is 0 Å². The van der Waals surface area contributed by atoms with E-state index in [4.69, 9.17) is 0 Å². The molecule has 2 unspecified atom stereocenters. The van der Waals surface area contributed by atoms with Crippen molar-refractivity contribution in [3.8, 4) is 0 Å². The van der Waals surface area contributed by atoms with Gasteiger partial charge in [0.2, 0.25) is 0 Å². The molecule has 0 aliphatic heterocycles. The zero-order valence-corrected chi connectivity index (χ0v) is 10.0. The van der Waals surface area contributed by atoms with Gasteiger partial charge in [0.05, 0.1) is 11.6 Å². The third-order valence-corrected chi connectivity index (χ3v) is 3.49.